The molecular weight excluding hydrogens is 368 g/mol. The zero-order valence-electron chi connectivity index (χ0n) is 14.8. The van der Waals surface area contributed by atoms with Crippen molar-refractivity contribution in [1.82, 2.24) is 10.2 Å². The predicted octanol–water partition coefficient (Wildman–Crippen LogP) is 1.80. The summed E-state index contributed by atoms with van der Waals surface area (Å²) in [6, 6.07) is 2.75. The molecule has 1 aromatic carbocycles. The van der Waals surface area contributed by atoms with Crippen molar-refractivity contribution in [3.05, 3.63) is 29.8 Å². The van der Waals surface area contributed by atoms with E-state index in [1.807, 2.05) is 0 Å². The molecule has 0 atom stereocenters. The maximum Gasteiger partial charge on any atom is 0.243 e. The summed E-state index contributed by atoms with van der Waals surface area (Å²) in [4.78, 5) is 26.3. The van der Waals surface area contributed by atoms with Crippen molar-refractivity contribution < 1.29 is 23.1 Å². The highest BCUT2D eigenvalue weighted by Crippen LogP contribution is 2.31. The second-order valence-electron chi connectivity index (χ2n) is 6.33. The van der Waals surface area contributed by atoms with Crippen LogP contribution in [0.3, 0.4) is 0 Å². The van der Waals surface area contributed by atoms with Gasteiger partial charge in [-0.3, -0.25) is 9.59 Å². The minimum Gasteiger partial charge on any atom is -0.384 e. The average molecular weight is 392 g/mol. The number of rotatable bonds is 6. The lowest BCUT2D eigenvalue weighted by atomic mass is 9.78. The SMILES string of the molecule is COCC1(C(=O)N(C)CC(=O)Nc2cc(F)cc(F)c2)CCNCC1.Cl. The van der Waals surface area contributed by atoms with Gasteiger partial charge < -0.3 is 20.3 Å². The van der Waals surface area contributed by atoms with Crippen LogP contribution >= 0.6 is 12.4 Å². The Morgan fingerprint density at radius 1 is 1.23 bits per heavy atom. The monoisotopic (exact) mass is 391 g/mol. The second-order valence-corrected chi connectivity index (χ2v) is 6.33. The van der Waals surface area contributed by atoms with Crippen molar-refractivity contribution in [1.29, 1.82) is 0 Å². The van der Waals surface area contributed by atoms with Gasteiger partial charge in [0.25, 0.3) is 0 Å². The van der Waals surface area contributed by atoms with Crippen molar-refractivity contribution >= 4 is 29.9 Å². The standard InChI is InChI=1S/C17H23F2N3O3.ClH/c1-22(16(24)17(11-25-2)3-5-20-6-4-17)10-15(23)21-14-8-12(18)7-13(19)9-14;/h7-9,20H,3-6,10-11H2,1-2H3,(H,21,23);1H. The maximum atomic E-state index is 13.2. The lowest BCUT2D eigenvalue weighted by Crippen LogP contribution is -2.51. The van der Waals surface area contributed by atoms with Crippen LogP contribution in [0.5, 0.6) is 0 Å². The fourth-order valence-electron chi connectivity index (χ4n) is 3.12. The summed E-state index contributed by atoms with van der Waals surface area (Å²) >= 11 is 0. The Kier molecular flexibility index (Phi) is 8.39. The van der Waals surface area contributed by atoms with E-state index in [0.717, 1.165) is 18.2 Å². The normalized spacial score (nSPS) is 15.7. The fourth-order valence-corrected chi connectivity index (χ4v) is 3.12. The van der Waals surface area contributed by atoms with Crippen LogP contribution < -0.4 is 10.6 Å². The first-order valence-corrected chi connectivity index (χ1v) is 8.07. The molecule has 0 bridgehead atoms. The van der Waals surface area contributed by atoms with E-state index < -0.39 is 23.0 Å². The largest absolute Gasteiger partial charge is 0.384 e. The van der Waals surface area contributed by atoms with E-state index in [1.165, 1.54) is 11.9 Å². The molecule has 0 aromatic heterocycles. The van der Waals surface area contributed by atoms with Crippen molar-refractivity contribution in [2.24, 2.45) is 5.41 Å². The van der Waals surface area contributed by atoms with E-state index in [4.69, 9.17) is 4.74 Å². The predicted molar refractivity (Wildman–Crippen MR) is 96.3 cm³/mol. The van der Waals surface area contributed by atoms with Gasteiger partial charge in [-0.2, -0.15) is 0 Å². The van der Waals surface area contributed by atoms with E-state index in [0.29, 0.717) is 25.9 Å². The molecule has 26 heavy (non-hydrogen) atoms. The number of ether oxygens (including phenoxy) is 1. The minimum atomic E-state index is -0.784. The van der Waals surface area contributed by atoms with Gasteiger partial charge in [-0.05, 0) is 38.1 Å². The number of amides is 2. The number of hydrogen-bond donors (Lipinski definition) is 2. The third-order valence-corrected chi connectivity index (χ3v) is 4.31. The number of nitrogens with one attached hydrogen (secondary N) is 2. The first kappa shape index (κ1) is 22.3. The molecule has 9 heteroatoms. The molecule has 0 saturated carbocycles. The summed E-state index contributed by atoms with van der Waals surface area (Å²) in [7, 11) is 3.08. The van der Waals surface area contributed by atoms with Crippen LogP contribution in [0.25, 0.3) is 0 Å². The van der Waals surface area contributed by atoms with E-state index in [9.17, 15) is 18.4 Å². The van der Waals surface area contributed by atoms with Crippen molar-refractivity contribution in [2.45, 2.75) is 12.8 Å². The highest BCUT2D eigenvalue weighted by Gasteiger charge is 2.41. The smallest absolute Gasteiger partial charge is 0.243 e. The van der Waals surface area contributed by atoms with Crippen LogP contribution in [0.1, 0.15) is 12.8 Å². The van der Waals surface area contributed by atoms with Gasteiger partial charge in [0, 0.05) is 25.9 Å². The number of likely N-dealkylation sites (N-methyl/N-ethyl adjacent to an activating group) is 1. The molecule has 1 heterocycles. The average Bonchev–Trinajstić information content (AvgIpc) is 2.54. The first-order valence-electron chi connectivity index (χ1n) is 8.07. The molecule has 0 spiro atoms. The van der Waals surface area contributed by atoms with Gasteiger partial charge in [0.2, 0.25) is 11.8 Å². The molecule has 0 radical (unpaired) electrons. The number of nitrogens with zero attached hydrogens (tertiary/aromatic N) is 1. The number of anilines is 1. The lowest BCUT2D eigenvalue weighted by molar-refractivity contribution is -0.147. The van der Waals surface area contributed by atoms with Crippen LogP contribution in [0.15, 0.2) is 18.2 Å². The molecule has 0 unspecified atom stereocenters. The number of carbonyl (C=O) groups is 2. The van der Waals surface area contributed by atoms with E-state index in [1.54, 1.807) is 7.11 Å². The summed E-state index contributed by atoms with van der Waals surface area (Å²) in [6.07, 6.45) is 1.25. The van der Waals surface area contributed by atoms with Gasteiger partial charge in [-0.1, -0.05) is 0 Å². The summed E-state index contributed by atoms with van der Waals surface area (Å²) < 4.78 is 31.6. The van der Waals surface area contributed by atoms with Crippen LogP contribution in [0.2, 0.25) is 0 Å². The maximum absolute atomic E-state index is 13.2. The summed E-state index contributed by atoms with van der Waals surface area (Å²) in [5.41, 5.74) is -0.642. The Bertz CT molecular complexity index is 614. The minimum absolute atomic E-state index is 0. The fraction of sp³-hybridized carbons (Fsp3) is 0.529. The van der Waals surface area contributed by atoms with Gasteiger partial charge >= 0.3 is 0 Å². The van der Waals surface area contributed by atoms with Crippen LogP contribution in [0.4, 0.5) is 14.5 Å². The summed E-state index contributed by atoms with van der Waals surface area (Å²) in [5, 5.41) is 5.60. The zero-order valence-corrected chi connectivity index (χ0v) is 15.6. The molecule has 1 aromatic rings. The first-order chi connectivity index (χ1) is 11.9. The molecule has 1 aliphatic rings. The highest BCUT2D eigenvalue weighted by atomic mass is 35.5. The number of methoxy groups -OCH3 is 1. The van der Waals surface area contributed by atoms with E-state index in [-0.39, 0.29) is 37.2 Å². The third kappa shape index (κ3) is 5.62. The molecule has 2 amide bonds. The number of carbonyl (C=O) groups excluding carboxylic acids is 2. The Morgan fingerprint density at radius 3 is 2.35 bits per heavy atom. The molecule has 6 nitrogen and oxygen atoms in total. The molecule has 1 aliphatic heterocycles. The molecule has 146 valence electrons. The van der Waals surface area contributed by atoms with E-state index >= 15 is 0 Å². The second kappa shape index (κ2) is 9.80. The number of benzene rings is 1. The van der Waals surface area contributed by atoms with Crippen molar-refractivity contribution in [3.63, 3.8) is 0 Å². The highest BCUT2D eigenvalue weighted by molar-refractivity contribution is 5.95. The van der Waals surface area contributed by atoms with Crippen LogP contribution in [-0.4, -0.2) is 57.1 Å². The lowest BCUT2D eigenvalue weighted by Gasteiger charge is -2.38. The number of hydrogen-bond acceptors (Lipinski definition) is 4. The van der Waals surface area contributed by atoms with Gasteiger partial charge in [0.15, 0.2) is 0 Å². The Balaban J connectivity index is 0.00000338. The van der Waals surface area contributed by atoms with Gasteiger partial charge in [-0.15, -0.1) is 12.4 Å². The third-order valence-electron chi connectivity index (χ3n) is 4.31. The number of piperidine rings is 1. The summed E-state index contributed by atoms with van der Waals surface area (Å²) in [6.45, 7) is 1.49. The Morgan fingerprint density at radius 2 is 1.81 bits per heavy atom. The Labute approximate surface area is 157 Å². The van der Waals surface area contributed by atoms with Gasteiger partial charge in [-0.25, -0.2) is 8.78 Å². The Hall–Kier alpha value is -1.77. The van der Waals surface area contributed by atoms with E-state index in [2.05, 4.69) is 10.6 Å². The van der Waals surface area contributed by atoms with Crippen LogP contribution in [0, 0.1) is 17.0 Å². The molecular formula is C17H24ClF2N3O3. The number of halogens is 3. The van der Waals surface area contributed by atoms with Gasteiger partial charge in [0.1, 0.15) is 11.6 Å². The van der Waals surface area contributed by atoms with Crippen molar-refractivity contribution in [2.75, 3.05) is 45.7 Å². The van der Waals surface area contributed by atoms with Crippen LogP contribution in [-0.2, 0) is 14.3 Å². The van der Waals surface area contributed by atoms with Gasteiger partial charge in [0.05, 0.1) is 18.6 Å². The molecule has 2 N–H and O–H groups in total. The zero-order chi connectivity index (χ0) is 18.4. The molecule has 1 fully saturated rings. The summed E-state index contributed by atoms with van der Waals surface area (Å²) in [5.74, 6) is -2.26. The van der Waals surface area contributed by atoms with Crippen molar-refractivity contribution in [3.8, 4) is 0 Å². The molecule has 0 aliphatic carbocycles. The molecule has 2 rings (SSSR count). The quantitative estimate of drug-likeness (QED) is 0.775. The topological polar surface area (TPSA) is 70.7 Å². The molecule has 1 saturated heterocycles.